The minimum absolute atomic E-state index is 0. The zero-order valence-corrected chi connectivity index (χ0v) is 21.7. The van der Waals surface area contributed by atoms with Gasteiger partial charge in [0.1, 0.15) is 5.82 Å². The van der Waals surface area contributed by atoms with Crippen molar-refractivity contribution in [3.05, 3.63) is 71.6 Å². The first-order valence-corrected chi connectivity index (χ1v) is 11.4. The summed E-state index contributed by atoms with van der Waals surface area (Å²) in [5.41, 5.74) is 5.65. The third-order valence-electron chi connectivity index (χ3n) is 6.59. The molecule has 4 aromatic heterocycles. The molecule has 0 saturated heterocycles. The second-order valence-electron chi connectivity index (χ2n) is 8.89. The lowest BCUT2D eigenvalue weighted by Gasteiger charge is -2.24. The Morgan fingerprint density at radius 3 is 2.83 bits per heavy atom. The van der Waals surface area contributed by atoms with Crippen LogP contribution in [-0.2, 0) is 12.8 Å². The Balaban J connectivity index is 0.00000152. The second kappa shape index (κ2) is 10.5. The maximum absolute atomic E-state index is 13.9. The summed E-state index contributed by atoms with van der Waals surface area (Å²) in [6, 6.07) is 9.88. The summed E-state index contributed by atoms with van der Waals surface area (Å²) in [6.07, 6.45) is 7.13. The fourth-order valence-corrected chi connectivity index (χ4v) is 4.77. The molecule has 0 spiro atoms. The zero-order valence-electron chi connectivity index (χ0n) is 19.7. The number of halogens is 1. The fraction of sp³-hybridized carbons (Fsp3) is 0.280. The van der Waals surface area contributed by atoms with E-state index in [1.807, 2.05) is 13.0 Å². The van der Waals surface area contributed by atoms with E-state index in [9.17, 15) is 9.50 Å². The molecule has 6 rings (SSSR count). The summed E-state index contributed by atoms with van der Waals surface area (Å²) < 4.78 is 15.6. The van der Waals surface area contributed by atoms with Crippen LogP contribution in [0.5, 0.6) is 0 Å². The average Bonchev–Trinajstić information content (AvgIpc) is 3.45. The number of para-hydroxylation sites is 1. The molecule has 8 nitrogen and oxygen atoms in total. The van der Waals surface area contributed by atoms with Crippen LogP contribution in [0, 0.1) is 5.82 Å². The van der Waals surface area contributed by atoms with Gasteiger partial charge in [-0.05, 0) is 37.0 Å². The number of aromatic amines is 1. The number of H-pyrrole nitrogens is 1. The highest BCUT2D eigenvalue weighted by atomic mass is 32.1. The summed E-state index contributed by atoms with van der Waals surface area (Å²) in [4.78, 5) is 16.9. The van der Waals surface area contributed by atoms with Gasteiger partial charge in [-0.25, -0.2) is 9.37 Å². The molecular weight excluding hydrogens is 497 g/mol. The first-order chi connectivity index (χ1) is 16.6. The van der Waals surface area contributed by atoms with Crippen LogP contribution in [0.2, 0.25) is 0 Å². The summed E-state index contributed by atoms with van der Waals surface area (Å²) in [6.45, 7) is 1.88. The van der Waals surface area contributed by atoms with Crippen molar-refractivity contribution in [1.29, 1.82) is 0 Å². The maximum atomic E-state index is 13.9. The Hall–Kier alpha value is -3.15. The molecule has 0 radical (unpaired) electrons. The van der Waals surface area contributed by atoms with E-state index >= 15 is 0 Å². The van der Waals surface area contributed by atoms with E-state index in [2.05, 4.69) is 43.6 Å². The third-order valence-corrected chi connectivity index (χ3v) is 6.59. The van der Waals surface area contributed by atoms with Crippen LogP contribution in [0.4, 0.5) is 10.3 Å². The number of aliphatic hydroxyl groups excluding tert-OH is 1. The van der Waals surface area contributed by atoms with Gasteiger partial charge in [0.15, 0.2) is 11.5 Å². The van der Waals surface area contributed by atoms with E-state index in [0.717, 1.165) is 36.5 Å². The van der Waals surface area contributed by atoms with Gasteiger partial charge in [0.2, 0.25) is 5.95 Å². The van der Waals surface area contributed by atoms with Crippen molar-refractivity contribution in [3.8, 4) is 11.4 Å². The van der Waals surface area contributed by atoms with E-state index in [4.69, 9.17) is 4.98 Å². The van der Waals surface area contributed by atoms with E-state index in [1.54, 1.807) is 16.9 Å². The number of nitrogens with zero attached hydrogens (tertiary/aromatic N) is 5. The van der Waals surface area contributed by atoms with Crippen molar-refractivity contribution in [3.63, 3.8) is 0 Å². The van der Waals surface area contributed by atoms with Crippen LogP contribution >= 0.6 is 27.0 Å². The number of rotatable bonds is 5. The molecule has 36 heavy (non-hydrogen) atoms. The topological polar surface area (TPSA) is 104 Å². The highest BCUT2D eigenvalue weighted by Gasteiger charge is 2.25. The number of anilines is 1. The molecule has 0 bridgehead atoms. The average molecular weight is 526 g/mol. The number of pyridine rings is 1. The van der Waals surface area contributed by atoms with Gasteiger partial charge in [-0.2, -0.15) is 41.6 Å². The quantitative estimate of drug-likeness (QED) is 0.319. The maximum Gasteiger partial charge on any atom is 0.228 e. The molecule has 0 fully saturated rings. The van der Waals surface area contributed by atoms with E-state index in [0.29, 0.717) is 23.0 Å². The molecule has 2 atom stereocenters. The molecule has 0 amide bonds. The molecule has 1 aliphatic rings. The fourth-order valence-electron chi connectivity index (χ4n) is 4.77. The van der Waals surface area contributed by atoms with Crippen LogP contribution in [0.15, 0.2) is 48.9 Å². The summed E-state index contributed by atoms with van der Waals surface area (Å²) in [5, 5.41) is 19.1. The van der Waals surface area contributed by atoms with Crippen molar-refractivity contribution in [2.75, 3.05) is 11.9 Å². The normalized spacial score (nSPS) is 15.7. The highest BCUT2D eigenvalue weighted by Crippen LogP contribution is 2.31. The van der Waals surface area contributed by atoms with Gasteiger partial charge < -0.3 is 15.4 Å². The molecule has 0 saturated carbocycles. The van der Waals surface area contributed by atoms with Crippen molar-refractivity contribution in [2.45, 2.75) is 38.1 Å². The van der Waals surface area contributed by atoms with Gasteiger partial charge in [0.25, 0.3) is 0 Å². The molecule has 11 heteroatoms. The second-order valence-corrected chi connectivity index (χ2v) is 8.89. The van der Waals surface area contributed by atoms with Gasteiger partial charge in [-0.1, -0.05) is 25.1 Å². The number of hydrogen-bond acceptors (Lipinski definition) is 6. The van der Waals surface area contributed by atoms with Crippen LogP contribution in [0.25, 0.3) is 27.9 Å². The number of aromatic nitrogens is 6. The molecule has 5 aromatic rings. The number of fused-ring (bicyclic) bond motifs is 4. The lowest BCUT2D eigenvalue weighted by atomic mass is 9.91. The number of aryl methyl sites for hydroxylation is 1. The smallest absolute Gasteiger partial charge is 0.228 e. The number of hydrogen-bond donors (Lipinski definition) is 3. The van der Waals surface area contributed by atoms with Crippen LogP contribution in [0.3, 0.4) is 0 Å². The Morgan fingerprint density at radius 2 is 2.03 bits per heavy atom. The SMILES string of the molecule is CC(CO)c1cnn2c(NC3CCc4[nH]c5ccccc5c4C3)nc(-c3cncc(F)c3)nc12.S.S. The molecule has 1 aliphatic carbocycles. The number of nitrogens with one attached hydrogen (secondary N) is 2. The Bertz CT molecular complexity index is 1520. The molecule has 188 valence electrons. The van der Waals surface area contributed by atoms with Crippen LogP contribution in [0.1, 0.15) is 36.1 Å². The van der Waals surface area contributed by atoms with Gasteiger partial charge in [-0.3, -0.25) is 4.98 Å². The summed E-state index contributed by atoms with van der Waals surface area (Å²) in [5.74, 6) is 0.292. The van der Waals surface area contributed by atoms with Crippen molar-refractivity contribution in [1.82, 2.24) is 29.5 Å². The monoisotopic (exact) mass is 525 g/mol. The minimum atomic E-state index is -0.452. The predicted octanol–water partition coefficient (Wildman–Crippen LogP) is 4.10. The first-order valence-electron chi connectivity index (χ1n) is 11.4. The minimum Gasteiger partial charge on any atom is -0.396 e. The standard InChI is InChI=1S/C25H24FN7O.2H2S/c1-14(13-34)20-12-28-33-24(20)31-23(15-8-16(26)11-27-10-15)32-25(33)29-17-6-7-22-19(9-17)18-4-2-3-5-21(18)30-22;;/h2-5,8,10-12,14,17,30,34H,6-7,9,13H2,1H3,(H,29,31,32);2*1H2. The Labute approximate surface area is 221 Å². The molecule has 0 aliphatic heterocycles. The highest BCUT2D eigenvalue weighted by molar-refractivity contribution is 7.59. The first kappa shape index (κ1) is 25.9. The van der Waals surface area contributed by atoms with Crippen molar-refractivity contribution >= 4 is 49.5 Å². The molecule has 2 unspecified atom stereocenters. The zero-order chi connectivity index (χ0) is 23.2. The van der Waals surface area contributed by atoms with Gasteiger partial charge in [0.05, 0.1) is 12.4 Å². The van der Waals surface area contributed by atoms with E-state index < -0.39 is 5.82 Å². The predicted molar refractivity (Wildman–Crippen MR) is 148 cm³/mol. The van der Waals surface area contributed by atoms with Gasteiger partial charge in [-0.15, -0.1) is 0 Å². The molecule has 1 aromatic carbocycles. The van der Waals surface area contributed by atoms with Gasteiger partial charge in [0, 0.05) is 52.5 Å². The number of aliphatic hydroxyl groups is 1. The summed E-state index contributed by atoms with van der Waals surface area (Å²) >= 11 is 0. The molecular formula is C25H28FN7OS2. The van der Waals surface area contributed by atoms with E-state index in [-0.39, 0.29) is 45.6 Å². The lowest BCUT2D eigenvalue weighted by molar-refractivity contribution is 0.273. The summed E-state index contributed by atoms with van der Waals surface area (Å²) in [7, 11) is 0. The van der Waals surface area contributed by atoms with Crippen molar-refractivity contribution in [2.24, 2.45) is 0 Å². The Morgan fingerprint density at radius 1 is 1.19 bits per heavy atom. The van der Waals surface area contributed by atoms with E-state index in [1.165, 1.54) is 22.7 Å². The molecule has 4 heterocycles. The Kier molecular flexibility index (Phi) is 7.53. The van der Waals surface area contributed by atoms with Crippen LogP contribution < -0.4 is 5.32 Å². The lowest BCUT2D eigenvalue weighted by Crippen LogP contribution is -2.29. The largest absolute Gasteiger partial charge is 0.396 e. The van der Waals surface area contributed by atoms with Gasteiger partial charge >= 0.3 is 0 Å². The number of benzene rings is 1. The van der Waals surface area contributed by atoms with Crippen molar-refractivity contribution < 1.29 is 9.50 Å². The van der Waals surface area contributed by atoms with Crippen LogP contribution in [-0.4, -0.2) is 47.3 Å². The third kappa shape index (κ3) is 4.54. The molecule has 3 N–H and O–H groups in total.